The van der Waals surface area contributed by atoms with Gasteiger partial charge in [-0.1, -0.05) is 20.8 Å². The highest BCUT2D eigenvalue weighted by atomic mass is 19.4. The SMILES string of the molecule is COC(=O)CNC(=O)COc1ccc2c(c1)N=C(Nc1ccc(OC(F)(F)F)cc1)[N+]21CC12C[C@H](C)CC(C)(C)C2. The van der Waals surface area contributed by atoms with E-state index in [-0.39, 0.29) is 29.9 Å². The number of hydrogen-bond acceptors (Lipinski definition) is 7. The lowest BCUT2D eigenvalue weighted by atomic mass is 9.67. The number of carbonyl (C=O) groups excluding carboxylic acids is 2. The molecule has 12 heteroatoms. The van der Waals surface area contributed by atoms with Crippen molar-refractivity contribution < 1.29 is 37.0 Å². The van der Waals surface area contributed by atoms with Gasteiger partial charge in [-0.25, -0.2) is 4.48 Å². The summed E-state index contributed by atoms with van der Waals surface area (Å²) in [6, 6.07) is 11.2. The van der Waals surface area contributed by atoms with Crippen molar-refractivity contribution in [1.29, 1.82) is 0 Å². The van der Waals surface area contributed by atoms with Crippen LogP contribution in [0.1, 0.15) is 40.0 Å². The third-order valence-corrected chi connectivity index (χ3v) is 7.99. The maximum Gasteiger partial charge on any atom is 0.573 e. The van der Waals surface area contributed by atoms with Crippen LogP contribution in [0.15, 0.2) is 47.5 Å². The Morgan fingerprint density at radius 1 is 1.10 bits per heavy atom. The monoisotopic (exact) mass is 575 g/mol. The molecule has 41 heavy (non-hydrogen) atoms. The molecule has 3 aliphatic rings. The van der Waals surface area contributed by atoms with Crippen LogP contribution in [0.25, 0.3) is 0 Å². The van der Waals surface area contributed by atoms with Gasteiger partial charge in [0.1, 0.15) is 30.3 Å². The molecule has 0 aromatic heterocycles. The van der Waals surface area contributed by atoms with Crippen LogP contribution < -0.4 is 24.6 Å². The Bertz CT molecular complexity index is 1380. The molecule has 2 fully saturated rings. The number of guanidine groups is 1. The molecule has 2 N–H and O–H groups in total. The second-order valence-electron chi connectivity index (χ2n) is 12.0. The summed E-state index contributed by atoms with van der Waals surface area (Å²) >= 11 is 0. The molecule has 1 aliphatic carbocycles. The first-order valence-electron chi connectivity index (χ1n) is 13.5. The zero-order valence-corrected chi connectivity index (χ0v) is 23.4. The van der Waals surface area contributed by atoms with Gasteiger partial charge in [0.25, 0.3) is 5.91 Å². The van der Waals surface area contributed by atoms with Crippen molar-refractivity contribution in [2.45, 2.75) is 51.9 Å². The minimum Gasteiger partial charge on any atom is -0.484 e. The molecule has 9 nitrogen and oxygen atoms in total. The van der Waals surface area contributed by atoms with Crippen molar-refractivity contribution in [3.63, 3.8) is 0 Å². The predicted octanol–water partition coefficient (Wildman–Crippen LogP) is 5.27. The number of nitrogens with zero attached hydrogens (tertiary/aromatic N) is 2. The second-order valence-corrected chi connectivity index (χ2v) is 12.0. The third-order valence-electron chi connectivity index (χ3n) is 7.99. The molecule has 5 rings (SSSR count). The molecule has 2 heterocycles. The first-order chi connectivity index (χ1) is 19.2. The van der Waals surface area contributed by atoms with Gasteiger partial charge in [0, 0.05) is 30.7 Å². The number of amides is 1. The fraction of sp³-hybridized carbons (Fsp3) is 0.483. The van der Waals surface area contributed by atoms with Gasteiger partial charge in [0.15, 0.2) is 17.8 Å². The number of fused-ring (bicyclic) bond motifs is 3. The predicted molar refractivity (Wildman–Crippen MR) is 147 cm³/mol. The van der Waals surface area contributed by atoms with E-state index in [1.807, 2.05) is 6.07 Å². The van der Waals surface area contributed by atoms with Crippen LogP contribution in [0, 0.1) is 11.3 Å². The van der Waals surface area contributed by atoms with Gasteiger partial charge < -0.3 is 19.5 Å². The average Bonchev–Trinajstić information content (AvgIpc) is 3.38. The Hall–Kier alpha value is -3.80. The van der Waals surface area contributed by atoms with Crippen LogP contribution in [0.4, 0.5) is 30.2 Å². The number of hydrogen-bond donors (Lipinski definition) is 2. The van der Waals surface area contributed by atoms with Crippen LogP contribution >= 0.6 is 0 Å². The second kappa shape index (κ2) is 10.2. The number of carbonyl (C=O) groups is 2. The van der Waals surface area contributed by atoms with E-state index in [1.165, 1.54) is 31.4 Å². The smallest absolute Gasteiger partial charge is 0.484 e. The summed E-state index contributed by atoms with van der Waals surface area (Å²) in [5.74, 6) is 0.337. The molecular formula is C29H34F3N4O5+. The maximum absolute atomic E-state index is 12.6. The fourth-order valence-electron chi connectivity index (χ4n) is 6.91. The first kappa shape index (κ1) is 28.7. The molecule has 2 aromatic carbocycles. The van der Waals surface area contributed by atoms with Crippen molar-refractivity contribution >= 4 is 34.9 Å². The van der Waals surface area contributed by atoms with Crippen molar-refractivity contribution in [3.05, 3.63) is 42.5 Å². The first-order valence-corrected chi connectivity index (χ1v) is 13.5. The molecule has 2 aromatic rings. The number of benzene rings is 2. The summed E-state index contributed by atoms with van der Waals surface area (Å²) in [6.07, 6.45) is -1.61. The number of anilines is 1. The topological polar surface area (TPSA) is 98.2 Å². The molecule has 1 saturated heterocycles. The molecule has 220 valence electrons. The van der Waals surface area contributed by atoms with Gasteiger partial charge in [0.05, 0.1) is 7.11 Å². The molecule has 2 unspecified atom stereocenters. The summed E-state index contributed by atoms with van der Waals surface area (Å²) in [5, 5.41) is 5.81. The lowest BCUT2D eigenvalue weighted by Crippen LogP contribution is -2.48. The van der Waals surface area contributed by atoms with E-state index in [0.29, 0.717) is 33.5 Å². The van der Waals surface area contributed by atoms with Crippen molar-refractivity contribution in [2.75, 3.05) is 32.1 Å². The average molecular weight is 576 g/mol. The largest absolute Gasteiger partial charge is 0.573 e. The number of aliphatic imine (C=N–C) groups is 1. The van der Waals surface area contributed by atoms with Crippen LogP contribution in [0.2, 0.25) is 0 Å². The van der Waals surface area contributed by atoms with Crippen molar-refractivity contribution in [1.82, 2.24) is 9.80 Å². The molecule has 0 radical (unpaired) electrons. The number of halogens is 3. The van der Waals surface area contributed by atoms with E-state index in [4.69, 9.17) is 9.73 Å². The number of esters is 1. The zero-order valence-electron chi connectivity index (χ0n) is 23.4. The number of ether oxygens (including phenoxy) is 3. The summed E-state index contributed by atoms with van der Waals surface area (Å²) in [6.45, 7) is 7.18. The van der Waals surface area contributed by atoms with E-state index in [9.17, 15) is 22.8 Å². The maximum atomic E-state index is 12.6. The quantitative estimate of drug-likeness (QED) is 0.265. The van der Waals surface area contributed by atoms with Crippen LogP contribution in [-0.4, -0.2) is 56.5 Å². The zero-order chi connectivity index (χ0) is 29.6. The normalized spacial score (nSPS) is 25.7. The third kappa shape index (κ3) is 5.83. The van der Waals surface area contributed by atoms with Gasteiger partial charge in [-0.15, -0.1) is 13.2 Å². The number of rotatable bonds is 7. The molecule has 3 atom stereocenters. The van der Waals surface area contributed by atoms with E-state index >= 15 is 0 Å². The number of alkyl halides is 3. The Morgan fingerprint density at radius 2 is 1.80 bits per heavy atom. The number of quaternary nitrogens is 1. The highest BCUT2D eigenvalue weighted by molar-refractivity contribution is 6.12. The highest BCUT2D eigenvalue weighted by Gasteiger charge is 2.78. The van der Waals surface area contributed by atoms with Gasteiger partial charge >= 0.3 is 18.3 Å². The van der Waals surface area contributed by atoms with Gasteiger partial charge in [-0.05, 0) is 48.1 Å². The molecule has 0 bridgehead atoms. The number of nitrogens with one attached hydrogen (secondary N) is 2. The molecule has 2 aliphatic heterocycles. The Labute approximate surface area is 236 Å². The Kier molecular flexibility index (Phi) is 7.17. The lowest BCUT2D eigenvalue weighted by Gasteiger charge is -2.39. The van der Waals surface area contributed by atoms with Crippen LogP contribution in [0.5, 0.6) is 11.5 Å². The van der Waals surface area contributed by atoms with Gasteiger partial charge in [-0.2, -0.15) is 4.99 Å². The van der Waals surface area contributed by atoms with Crippen molar-refractivity contribution in [2.24, 2.45) is 16.3 Å². The Morgan fingerprint density at radius 3 is 2.46 bits per heavy atom. The van der Waals surface area contributed by atoms with Gasteiger partial charge in [0.2, 0.25) is 0 Å². The summed E-state index contributed by atoms with van der Waals surface area (Å²) in [7, 11) is 1.24. The molecular weight excluding hydrogens is 541 g/mol. The fourth-order valence-corrected chi connectivity index (χ4v) is 6.91. The van der Waals surface area contributed by atoms with Crippen LogP contribution in [-0.2, 0) is 14.3 Å². The van der Waals surface area contributed by atoms with E-state index in [1.54, 1.807) is 12.1 Å². The molecule has 2 spiro atoms. The molecule has 1 amide bonds. The van der Waals surface area contributed by atoms with E-state index in [2.05, 4.69) is 40.9 Å². The lowest BCUT2D eigenvalue weighted by molar-refractivity contribution is -0.274. The van der Waals surface area contributed by atoms with E-state index in [0.717, 1.165) is 31.5 Å². The Balaban J connectivity index is 1.40. The molecule has 1 saturated carbocycles. The van der Waals surface area contributed by atoms with Crippen LogP contribution in [0.3, 0.4) is 0 Å². The number of methoxy groups -OCH3 is 1. The van der Waals surface area contributed by atoms with Crippen molar-refractivity contribution in [3.8, 4) is 11.5 Å². The minimum absolute atomic E-state index is 0.0618. The van der Waals surface area contributed by atoms with E-state index < -0.39 is 18.2 Å². The highest BCUT2D eigenvalue weighted by Crippen LogP contribution is 2.64. The van der Waals surface area contributed by atoms with Gasteiger partial charge in [-0.3, -0.25) is 14.9 Å². The summed E-state index contributed by atoms with van der Waals surface area (Å²) < 4.78 is 52.6. The summed E-state index contributed by atoms with van der Waals surface area (Å²) in [5.41, 5.74) is 2.38. The summed E-state index contributed by atoms with van der Waals surface area (Å²) in [4.78, 5) is 28.3. The standard InChI is InChI=1S/C29H33F3N4O5/c1-18-12-27(2,3)16-28(13-18)17-36(28)23-10-9-21(40-15-24(37)33-14-25(38)39-4)11-22(23)35-26(36)34-19-5-7-20(8-6-19)41-29(30,31)32/h5-11,18H,12-17H2,1-4H3,(H-,33,34,35,37)/p+1/t18-,28?,36?/m1/s1. The minimum atomic E-state index is -4.76.